The summed E-state index contributed by atoms with van der Waals surface area (Å²) < 4.78 is 10.6. The molecule has 0 aromatic heterocycles. The van der Waals surface area contributed by atoms with Crippen molar-refractivity contribution in [2.75, 3.05) is 20.3 Å². The molecule has 1 rings (SSSR count). The predicted molar refractivity (Wildman–Crippen MR) is 65.1 cm³/mol. The maximum atomic E-state index is 5.95. The molecule has 0 saturated carbocycles. The van der Waals surface area contributed by atoms with Crippen LogP contribution in [0.15, 0.2) is 12.1 Å². The SMILES string of the molecule is C#CCOc1c(CCN)cc(Cl)cc1OC. The van der Waals surface area contributed by atoms with Gasteiger partial charge in [-0.1, -0.05) is 17.5 Å². The molecule has 0 heterocycles. The molecule has 16 heavy (non-hydrogen) atoms. The number of methoxy groups -OCH3 is 1. The van der Waals surface area contributed by atoms with E-state index in [0.29, 0.717) is 29.5 Å². The van der Waals surface area contributed by atoms with Crippen LogP contribution in [0.3, 0.4) is 0 Å². The van der Waals surface area contributed by atoms with Gasteiger partial charge in [-0.3, -0.25) is 0 Å². The van der Waals surface area contributed by atoms with E-state index in [-0.39, 0.29) is 6.61 Å². The van der Waals surface area contributed by atoms with Crippen molar-refractivity contribution in [3.8, 4) is 23.8 Å². The smallest absolute Gasteiger partial charge is 0.165 e. The third kappa shape index (κ3) is 3.06. The number of hydrogen-bond acceptors (Lipinski definition) is 3. The molecular formula is C12H14ClNO2. The summed E-state index contributed by atoms with van der Waals surface area (Å²) in [5.41, 5.74) is 6.42. The van der Waals surface area contributed by atoms with E-state index in [1.807, 2.05) is 6.07 Å². The lowest BCUT2D eigenvalue weighted by Gasteiger charge is -2.13. The number of rotatable bonds is 5. The van der Waals surface area contributed by atoms with Crippen molar-refractivity contribution in [3.05, 3.63) is 22.7 Å². The molecule has 0 spiro atoms. The molecule has 0 radical (unpaired) electrons. The molecule has 0 saturated heterocycles. The fourth-order valence-corrected chi connectivity index (χ4v) is 1.62. The minimum absolute atomic E-state index is 0.190. The van der Waals surface area contributed by atoms with E-state index in [4.69, 9.17) is 33.2 Å². The molecule has 0 unspecified atom stereocenters. The van der Waals surface area contributed by atoms with E-state index in [2.05, 4.69) is 5.92 Å². The van der Waals surface area contributed by atoms with E-state index < -0.39 is 0 Å². The first-order chi connectivity index (χ1) is 7.72. The molecule has 0 aliphatic heterocycles. The molecular weight excluding hydrogens is 226 g/mol. The third-order valence-electron chi connectivity index (χ3n) is 2.03. The largest absolute Gasteiger partial charge is 0.493 e. The number of ether oxygens (including phenoxy) is 2. The van der Waals surface area contributed by atoms with Gasteiger partial charge in [0.25, 0.3) is 0 Å². The Hall–Kier alpha value is -1.37. The second-order valence-corrected chi connectivity index (χ2v) is 3.56. The Morgan fingerprint density at radius 1 is 1.50 bits per heavy atom. The lowest BCUT2D eigenvalue weighted by molar-refractivity contribution is 0.327. The van der Waals surface area contributed by atoms with Gasteiger partial charge in [-0.05, 0) is 19.0 Å². The van der Waals surface area contributed by atoms with Gasteiger partial charge in [0, 0.05) is 16.7 Å². The number of hydrogen-bond donors (Lipinski definition) is 1. The minimum Gasteiger partial charge on any atom is -0.493 e. The summed E-state index contributed by atoms with van der Waals surface area (Å²) in [7, 11) is 1.56. The van der Waals surface area contributed by atoms with Crippen molar-refractivity contribution in [1.82, 2.24) is 0 Å². The highest BCUT2D eigenvalue weighted by Gasteiger charge is 2.11. The summed E-state index contributed by atoms with van der Waals surface area (Å²) in [4.78, 5) is 0. The normalized spacial score (nSPS) is 9.62. The van der Waals surface area contributed by atoms with E-state index in [9.17, 15) is 0 Å². The Bertz CT molecular complexity index is 399. The van der Waals surface area contributed by atoms with Crippen LogP contribution in [0.2, 0.25) is 5.02 Å². The zero-order valence-electron chi connectivity index (χ0n) is 9.13. The number of benzene rings is 1. The topological polar surface area (TPSA) is 44.5 Å². The molecule has 0 amide bonds. The van der Waals surface area contributed by atoms with Crippen molar-refractivity contribution >= 4 is 11.6 Å². The zero-order chi connectivity index (χ0) is 12.0. The Morgan fingerprint density at radius 2 is 2.25 bits per heavy atom. The second-order valence-electron chi connectivity index (χ2n) is 3.13. The molecule has 0 aliphatic rings. The molecule has 1 aromatic rings. The van der Waals surface area contributed by atoms with Crippen molar-refractivity contribution in [2.45, 2.75) is 6.42 Å². The van der Waals surface area contributed by atoms with Gasteiger partial charge in [0.05, 0.1) is 7.11 Å². The minimum atomic E-state index is 0.190. The van der Waals surface area contributed by atoms with Gasteiger partial charge < -0.3 is 15.2 Å². The van der Waals surface area contributed by atoms with Gasteiger partial charge in [-0.15, -0.1) is 6.42 Å². The first-order valence-corrected chi connectivity index (χ1v) is 5.23. The summed E-state index contributed by atoms with van der Waals surface area (Å²) in [6.45, 7) is 0.700. The van der Waals surface area contributed by atoms with E-state index in [1.54, 1.807) is 13.2 Å². The summed E-state index contributed by atoms with van der Waals surface area (Å²) in [5, 5.41) is 0.591. The van der Waals surface area contributed by atoms with Crippen LogP contribution in [0.4, 0.5) is 0 Å². The lowest BCUT2D eigenvalue weighted by atomic mass is 10.1. The summed E-state index contributed by atoms with van der Waals surface area (Å²) >= 11 is 5.95. The van der Waals surface area contributed by atoms with Crippen LogP contribution >= 0.6 is 11.6 Å². The maximum absolute atomic E-state index is 5.95. The monoisotopic (exact) mass is 239 g/mol. The van der Waals surface area contributed by atoms with Crippen molar-refractivity contribution in [1.29, 1.82) is 0 Å². The fraction of sp³-hybridized carbons (Fsp3) is 0.333. The third-order valence-corrected chi connectivity index (χ3v) is 2.25. The summed E-state index contributed by atoms with van der Waals surface area (Å²) in [5.74, 6) is 3.61. The fourth-order valence-electron chi connectivity index (χ4n) is 1.39. The van der Waals surface area contributed by atoms with Gasteiger partial charge in [0.15, 0.2) is 11.5 Å². The average molecular weight is 240 g/mol. The molecule has 1 aromatic carbocycles. The van der Waals surface area contributed by atoms with Crippen molar-refractivity contribution in [3.63, 3.8) is 0 Å². The molecule has 86 valence electrons. The lowest BCUT2D eigenvalue weighted by Crippen LogP contribution is -2.06. The van der Waals surface area contributed by atoms with Crippen LogP contribution in [0.5, 0.6) is 11.5 Å². The van der Waals surface area contributed by atoms with Crippen LogP contribution in [0.1, 0.15) is 5.56 Å². The molecule has 0 atom stereocenters. The second kappa shape index (κ2) is 6.26. The van der Waals surface area contributed by atoms with Crippen LogP contribution in [-0.4, -0.2) is 20.3 Å². The van der Waals surface area contributed by atoms with Gasteiger partial charge >= 0.3 is 0 Å². The zero-order valence-corrected chi connectivity index (χ0v) is 9.88. The summed E-state index contributed by atoms with van der Waals surface area (Å²) in [6, 6.07) is 3.50. The van der Waals surface area contributed by atoms with Crippen molar-refractivity contribution in [2.24, 2.45) is 5.73 Å². The predicted octanol–water partition coefficient (Wildman–Crippen LogP) is 1.86. The molecule has 2 N–H and O–H groups in total. The average Bonchev–Trinajstić information content (AvgIpc) is 2.27. The van der Waals surface area contributed by atoms with Crippen LogP contribution in [0, 0.1) is 12.3 Å². The number of nitrogens with two attached hydrogens (primary N) is 1. The number of halogens is 1. The molecule has 0 aliphatic carbocycles. The first kappa shape index (κ1) is 12.7. The van der Waals surface area contributed by atoms with Gasteiger partial charge in [-0.2, -0.15) is 0 Å². The Morgan fingerprint density at radius 3 is 2.81 bits per heavy atom. The van der Waals surface area contributed by atoms with Gasteiger partial charge in [0.1, 0.15) is 6.61 Å². The summed E-state index contributed by atoms with van der Waals surface area (Å²) in [6.07, 6.45) is 5.82. The van der Waals surface area contributed by atoms with E-state index in [1.165, 1.54) is 0 Å². The van der Waals surface area contributed by atoms with Crippen LogP contribution in [0.25, 0.3) is 0 Å². The molecule has 3 nitrogen and oxygen atoms in total. The quantitative estimate of drug-likeness (QED) is 0.798. The molecule has 4 heteroatoms. The highest BCUT2D eigenvalue weighted by molar-refractivity contribution is 6.30. The van der Waals surface area contributed by atoms with Crippen LogP contribution < -0.4 is 15.2 Å². The highest BCUT2D eigenvalue weighted by atomic mass is 35.5. The molecule has 0 fully saturated rings. The number of terminal acetylenes is 1. The highest BCUT2D eigenvalue weighted by Crippen LogP contribution is 2.34. The standard InChI is InChI=1S/C12H14ClNO2/c1-3-6-16-12-9(4-5-14)7-10(13)8-11(12)15-2/h1,7-8H,4-6,14H2,2H3. The van der Waals surface area contributed by atoms with Gasteiger partial charge in [-0.25, -0.2) is 0 Å². The Kier molecular flexibility index (Phi) is 4.97. The molecule has 0 bridgehead atoms. The van der Waals surface area contributed by atoms with E-state index >= 15 is 0 Å². The maximum Gasteiger partial charge on any atom is 0.165 e. The van der Waals surface area contributed by atoms with Gasteiger partial charge in [0.2, 0.25) is 0 Å². The Labute approximate surface area is 100 Å². The first-order valence-electron chi connectivity index (χ1n) is 4.85. The van der Waals surface area contributed by atoms with Crippen LogP contribution in [-0.2, 0) is 6.42 Å². The van der Waals surface area contributed by atoms with E-state index in [0.717, 1.165) is 5.56 Å². The Balaban J connectivity index is 3.11. The van der Waals surface area contributed by atoms with Crippen molar-refractivity contribution < 1.29 is 9.47 Å².